The Bertz CT molecular complexity index is 914. The fourth-order valence-electron chi connectivity index (χ4n) is 3.56. The molecule has 3 rings (SSSR count). The van der Waals surface area contributed by atoms with E-state index < -0.39 is 17.7 Å². The van der Waals surface area contributed by atoms with Gasteiger partial charge in [0.15, 0.2) is 0 Å². The molecule has 0 radical (unpaired) electrons. The minimum absolute atomic E-state index is 0.121. The summed E-state index contributed by atoms with van der Waals surface area (Å²) in [6.07, 6.45) is 1.59. The lowest BCUT2D eigenvalue weighted by atomic mass is 9.94. The van der Waals surface area contributed by atoms with Crippen LogP contribution in [0.3, 0.4) is 0 Å². The number of aliphatic hydroxyl groups excluding tert-OH is 1. The monoisotopic (exact) mass is 379 g/mol. The smallest absolute Gasteiger partial charge is 0.295 e. The van der Waals surface area contributed by atoms with E-state index >= 15 is 0 Å². The van der Waals surface area contributed by atoms with Crippen LogP contribution in [0.4, 0.5) is 0 Å². The Balaban J connectivity index is 2.16. The molecule has 0 bridgehead atoms. The average molecular weight is 379 g/mol. The Morgan fingerprint density at radius 2 is 1.82 bits per heavy atom. The van der Waals surface area contributed by atoms with Crippen LogP contribution in [-0.2, 0) is 16.0 Å². The molecule has 2 aromatic rings. The predicted molar refractivity (Wildman–Crippen MR) is 108 cm³/mol. The lowest BCUT2D eigenvalue weighted by Crippen LogP contribution is -2.30. The van der Waals surface area contributed by atoms with Crippen molar-refractivity contribution in [3.8, 4) is 5.75 Å². The van der Waals surface area contributed by atoms with Gasteiger partial charge in [-0.15, -0.1) is 0 Å². The lowest BCUT2D eigenvalue weighted by molar-refractivity contribution is -0.139. The van der Waals surface area contributed by atoms with Gasteiger partial charge in [-0.2, -0.15) is 0 Å². The van der Waals surface area contributed by atoms with E-state index in [4.69, 9.17) is 4.74 Å². The van der Waals surface area contributed by atoms with Gasteiger partial charge >= 0.3 is 0 Å². The van der Waals surface area contributed by atoms with E-state index in [-0.39, 0.29) is 11.3 Å². The Hall–Kier alpha value is -3.08. The van der Waals surface area contributed by atoms with Crippen molar-refractivity contribution in [2.24, 2.45) is 0 Å². The molecule has 0 spiro atoms. The molecule has 1 fully saturated rings. The molecule has 1 amide bonds. The van der Waals surface area contributed by atoms with E-state index in [0.29, 0.717) is 24.3 Å². The molecule has 0 saturated carbocycles. The molecule has 146 valence electrons. The first-order valence-electron chi connectivity index (χ1n) is 9.53. The van der Waals surface area contributed by atoms with E-state index in [0.717, 1.165) is 17.5 Å². The van der Waals surface area contributed by atoms with Crippen molar-refractivity contribution in [3.05, 3.63) is 70.8 Å². The second-order valence-corrected chi connectivity index (χ2v) is 6.82. The molecule has 1 heterocycles. The molecule has 2 aromatic carbocycles. The van der Waals surface area contributed by atoms with E-state index in [9.17, 15) is 14.7 Å². The van der Waals surface area contributed by atoms with Gasteiger partial charge in [0, 0.05) is 12.1 Å². The fraction of sp³-hybridized carbons (Fsp3) is 0.304. The van der Waals surface area contributed by atoms with Crippen molar-refractivity contribution in [3.63, 3.8) is 0 Å². The summed E-state index contributed by atoms with van der Waals surface area (Å²) in [7, 11) is 1.57. The SMILES string of the molecule is CCCN1C(=O)C(=O)/C(=C(\O)c2ccc(CC)cc2)C1c1cccc(OC)c1. The number of Topliss-reactive ketones (excluding diaryl/α,β-unsaturated/α-hetero) is 1. The molecule has 1 saturated heterocycles. The first-order valence-corrected chi connectivity index (χ1v) is 9.53. The minimum Gasteiger partial charge on any atom is -0.507 e. The van der Waals surface area contributed by atoms with Crippen molar-refractivity contribution in [1.82, 2.24) is 4.90 Å². The number of carbonyl (C=O) groups is 2. The highest BCUT2D eigenvalue weighted by Crippen LogP contribution is 2.40. The van der Waals surface area contributed by atoms with Crippen LogP contribution in [-0.4, -0.2) is 35.4 Å². The second-order valence-electron chi connectivity index (χ2n) is 6.82. The van der Waals surface area contributed by atoms with E-state index in [1.807, 2.05) is 38.1 Å². The maximum atomic E-state index is 12.8. The highest BCUT2D eigenvalue weighted by atomic mass is 16.5. The summed E-state index contributed by atoms with van der Waals surface area (Å²) in [5.74, 6) is -0.751. The molecule has 1 aliphatic rings. The number of aliphatic hydroxyl groups is 1. The van der Waals surface area contributed by atoms with Crippen molar-refractivity contribution in [2.75, 3.05) is 13.7 Å². The molecule has 0 aliphatic carbocycles. The Kier molecular flexibility index (Phi) is 5.83. The van der Waals surface area contributed by atoms with E-state index in [1.54, 1.807) is 31.4 Å². The number of amides is 1. The number of hydrogen-bond donors (Lipinski definition) is 1. The van der Waals surface area contributed by atoms with E-state index in [1.165, 1.54) is 4.90 Å². The molecule has 1 N–H and O–H groups in total. The quantitative estimate of drug-likeness (QED) is 0.466. The number of ether oxygens (including phenoxy) is 1. The van der Waals surface area contributed by atoms with Crippen LogP contribution in [0.15, 0.2) is 54.1 Å². The van der Waals surface area contributed by atoms with Crippen LogP contribution in [0, 0.1) is 0 Å². The molecule has 5 heteroatoms. The van der Waals surface area contributed by atoms with Crippen LogP contribution in [0.1, 0.15) is 43.0 Å². The third-order valence-corrected chi connectivity index (χ3v) is 5.05. The third kappa shape index (κ3) is 3.52. The molecule has 1 aliphatic heterocycles. The van der Waals surface area contributed by atoms with Crippen LogP contribution in [0.5, 0.6) is 5.75 Å². The van der Waals surface area contributed by atoms with Crippen molar-refractivity contribution in [2.45, 2.75) is 32.7 Å². The summed E-state index contributed by atoms with van der Waals surface area (Å²) in [6.45, 7) is 4.43. The average Bonchev–Trinajstić information content (AvgIpc) is 2.98. The van der Waals surface area contributed by atoms with Gasteiger partial charge in [0.1, 0.15) is 11.5 Å². The number of benzene rings is 2. The van der Waals surface area contributed by atoms with Gasteiger partial charge in [0.05, 0.1) is 18.7 Å². The summed E-state index contributed by atoms with van der Waals surface area (Å²) in [4.78, 5) is 27.0. The fourth-order valence-corrected chi connectivity index (χ4v) is 3.56. The molecule has 0 aromatic heterocycles. The van der Waals surface area contributed by atoms with Gasteiger partial charge in [-0.3, -0.25) is 9.59 Å². The normalized spacial score (nSPS) is 18.5. The summed E-state index contributed by atoms with van der Waals surface area (Å²) < 4.78 is 5.30. The van der Waals surface area contributed by atoms with Crippen LogP contribution in [0.2, 0.25) is 0 Å². The summed E-state index contributed by atoms with van der Waals surface area (Å²) in [5, 5.41) is 11.0. The highest BCUT2D eigenvalue weighted by Gasteiger charge is 2.45. The summed E-state index contributed by atoms with van der Waals surface area (Å²) >= 11 is 0. The number of aryl methyl sites for hydroxylation is 1. The Morgan fingerprint density at radius 1 is 1.11 bits per heavy atom. The van der Waals surface area contributed by atoms with Gasteiger partial charge in [-0.25, -0.2) is 0 Å². The van der Waals surface area contributed by atoms with Crippen LogP contribution >= 0.6 is 0 Å². The van der Waals surface area contributed by atoms with Gasteiger partial charge in [0.2, 0.25) is 0 Å². The third-order valence-electron chi connectivity index (χ3n) is 5.05. The number of rotatable bonds is 6. The van der Waals surface area contributed by atoms with Crippen molar-refractivity contribution >= 4 is 17.4 Å². The maximum absolute atomic E-state index is 12.8. The lowest BCUT2D eigenvalue weighted by Gasteiger charge is -2.25. The van der Waals surface area contributed by atoms with Crippen LogP contribution < -0.4 is 4.74 Å². The standard InChI is InChI=1S/C23H25NO4/c1-4-13-24-20(17-7-6-8-18(14-17)28-3)19(22(26)23(24)27)21(25)16-11-9-15(5-2)10-12-16/h6-12,14,20,25H,4-5,13H2,1-3H3/b21-19-. The van der Waals surface area contributed by atoms with Gasteiger partial charge in [0.25, 0.3) is 11.7 Å². The molecular formula is C23H25NO4. The highest BCUT2D eigenvalue weighted by molar-refractivity contribution is 6.46. The predicted octanol–water partition coefficient (Wildman–Crippen LogP) is 4.09. The second kappa shape index (κ2) is 8.30. The topological polar surface area (TPSA) is 66.8 Å². The zero-order valence-electron chi connectivity index (χ0n) is 16.4. The largest absolute Gasteiger partial charge is 0.507 e. The Labute approximate surface area is 165 Å². The summed E-state index contributed by atoms with van der Waals surface area (Å²) in [6, 6.07) is 14.0. The molecule has 1 atom stereocenters. The summed E-state index contributed by atoms with van der Waals surface area (Å²) in [5.41, 5.74) is 2.52. The molecule has 1 unspecified atom stereocenters. The zero-order chi connectivity index (χ0) is 20.3. The molecule has 28 heavy (non-hydrogen) atoms. The number of hydrogen-bond acceptors (Lipinski definition) is 4. The number of methoxy groups -OCH3 is 1. The Morgan fingerprint density at radius 3 is 2.43 bits per heavy atom. The molecule has 5 nitrogen and oxygen atoms in total. The first-order chi connectivity index (χ1) is 13.5. The van der Waals surface area contributed by atoms with Crippen LogP contribution in [0.25, 0.3) is 5.76 Å². The minimum atomic E-state index is -0.654. The van der Waals surface area contributed by atoms with E-state index in [2.05, 4.69) is 0 Å². The molecular weight excluding hydrogens is 354 g/mol. The van der Waals surface area contributed by atoms with Crippen molar-refractivity contribution < 1.29 is 19.4 Å². The number of likely N-dealkylation sites (tertiary alicyclic amines) is 1. The van der Waals surface area contributed by atoms with Crippen molar-refractivity contribution in [1.29, 1.82) is 0 Å². The number of ketones is 1. The van der Waals surface area contributed by atoms with Gasteiger partial charge < -0.3 is 14.7 Å². The van der Waals surface area contributed by atoms with Gasteiger partial charge in [-0.05, 0) is 36.1 Å². The number of carbonyl (C=O) groups excluding carboxylic acids is 2. The zero-order valence-corrected chi connectivity index (χ0v) is 16.4. The van der Waals surface area contributed by atoms with Gasteiger partial charge in [-0.1, -0.05) is 50.2 Å². The number of nitrogens with zero attached hydrogens (tertiary/aromatic N) is 1. The maximum Gasteiger partial charge on any atom is 0.295 e. The first kappa shape index (κ1) is 19.7.